The van der Waals surface area contributed by atoms with E-state index in [1.807, 2.05) is 20.8 Å². The van der Waals surface area contributed by atoms with Gasteiger partial charge < -0.3 is 9.26 Å². The quantitative estimate of drug-likeness (QED) is 0.234. The Morgan fingerprint density at radius 2 is 1.58 bits per heavy atom. The number of benzene rings is 2. The molecule has 0 bridgehead atoms. The molecule has 5 rings (SSSR count). The van der Waals surface area contributed by atoms with Crippen molar-refractivity contribution in [1.82, 2.24) is 15.1 Å². The van der Waals surface area contributed by atoms with Crippen molar-refractivity contribution in [3.8, 4) is 40.0 Å². The van der Waals surface area contributed by atoms with Gasteiger partial charge in [0.2, 0.25) is 0 Å². The number of anilines is 1. The molecular formula is C32H33N5O5S. The van der Waals surface area contributed by atoms with E-state index in [9.17, 15) is 13.2 Å². The molecule has 2 aromatic heterocycles. The molecule has 0 atom stereocenters. The molecule has 1 amide bonds. The number of carbonyl (C=O) groups excluding carboxylic acids is 1. The van der Waals surface area contributed by atoms with Crippen LogP contribution < -0.4 is 4.90 Å². The van der Waals surface area contributed by atoms with Gasteiger partial charge in [0.25, 0.3) is 0 Å². The van der Waals surface area contributed by atoms with Crippen LogP contribution in [0.1, 0.15) is 59.9 Å². The third-order valence-electron chi connectivity index (χ3n) is 6.71. The molecule has 10 nitrogen and oxygen atoms in total. The molecule has 0 saturated heterocycles. The number of aromatic nitrogens is 3. The minimum Gasteiger partial charge on any atom is -0.443 e. The fraction of sp³-hybridized carbons (Fsp3) is 0.344. The molecule has 1 aliphatic rings. The Morgan fingerprint density at radius 1 is 0.977 bits per heavy atom. The smallest absolute Gasteiger partial charge is 0.416 e. The predicted octanol–water partition coefficient (Wildman–Crippen LogP) is 6.81. The van der Waals surface area contributed by atoms with Crippen LogP contribution in [0.25, 0.3) is 34.0 Å². The molecule has 0 N–H and O–H groups in total. The van der Waals surface area contributed by atoms with Crippen LogP contribution in [-0.2, 0) is 14.6 Å². The number of rotatable bonds is 6. The van der Waals surface area contributed by atoms with Crippen molar-refractivity contribution in [2.24, 2.45) is 0 Å². The second-order valence-corrected chi connectivity index (χ2v) is 14.7. The fourth-order valence-electron chi connectivity index (χ4n) is 4.46. The molecule has 0 unspecified atom stereocenters. The number of carbonyl (C=O) groups is 1. The summed E-state index contributed by atoms with van der Waals surface area (Å²) in [5.41, 5.74) is 1.57. The highest BCUT2D eigenvalue weighted by molar-refractivity contribution is 7.92. The van der Waals surface area contributed by atoms with E-state index in [4.69, 9.17) is 19.5 Å². The molecule has 11 heteroatoms. The molecule has 4 aromatic rings. The predicted molar refractivity (Wildman–Crippen MR) is 162 cm³/mol. The monoisotopic (exact) mass is 599 g/mol. The molecule has 43 heavy (non-hydrogen) atoms. The van der Waals surface area contributed by atoms with Crippen LogP contribution in [-0.4, -0.2) is 46.0 Å². The Balaban J connectivity index is 1.62. The Kier molecular flexibility index (Phi) is 7.60. The van der Waals surface area contributed by atoms with Crippen molar-refractivity contribution in [3.05, 3.63) is 66.4 Å². The van der Waals surface area contributed by atoms with Crippen LogP contribution in [0.4, 0.5) is 10.6 Å². The molecule has 0 spiro atoms. The van der Waals surface area contributed by atoms with Gasteiger partial charge >= 0.3 is 6.09 Å². The van der Waals surface area contributed by atoms with Crippen molar-refractivity contribution in [1.29, 1.82) is 5.26 Å². The number of sulfone groups is 1. The van der Waals surface area contributed by atoms with Crippen LogP contribution >= 0.6 is 0 Å². The topological polar surface area (TPSA) is 139 Å². The summed E-state index contributed by atoms with van der Waals surface area (Å²) < 4.78 is 36.9. The highest BCUT2D eigenvalue weighted by Crippen LogP contribution is 2.37. The molecule has 1 aliphatic carbocycles. The number of ether oxygens (including phenoxy) is 1. The maximum Gasteiger partial charge on any atom is 0.416 e. The van der Waals surface area contributed by atoms with Crippen LogP contribution in [0.2, 0.25) is 0 Å². The molecular weight excluding hydrogens is 566 g/mol. The second kappa shape index (κ2) is 10.9. The second-order valence-electron chi connectivity index (χ2n) is 12.4. The van der Waals surface area contributed by atoms with Gasteiger partial charge in [-0.3, -0.25) is 4.90 Å². The first-order chi connectivity index (χ1) is 20.2. The minimum atomic E-state index is -3.34. The first kappa shape index (κ1) is 29.9. The molecule has 1 fully saturated rings. The zero-order valence-corrected chi connectivity index (χ0v) is 25.8. The lowest BCUT2D eigenvalue weighted by atomic mass is 10.1. The van der Waals surface area contributed by atoms with E-state index >= 15 is 0 Å². The lowest BCUT2D eigenvalue weighted by Crippen LogP contribution is -2.49. The van der Waals surface area contributed by atoms with Crippen LogP contribution in [0.15, 0.2) is 70.2 Å². The van der Waals surface area contributed by atoms with Gasteiger partial charge in [-0.25, -0.2) is 23.2 Å². The van der Waals surface area contributed by atoms with Gasteiger partial charge in [-0.15, -0.1) is 0 Å². The lowest BCUT2D eigenvalue weighted by Gasteiger charge is -2.36. The van der Waals surface area contributed by atoms with Gasteiger partial charge in [-0.1, -0.05) is 29.4 Å². The van der Waals surface area contributed by atoms with Crippen molar-refractivity contribution >= 4 is 21.7 Å². The zero-order valence-electron chi connectivity index (χ0n) is 25.0. The summed E-state index contributed by atoms with van der Waals surface area (Å²) in [6.07, 6.45) is 2.29. The Labute approximate surface area is 251 Å². The van der Waals surface area contributed by atoms with Crippen molar-refractivity contribution in [2.75, 3.05) is 4.90 Å². The maximum absolute atomic E-state index is 13.5. The van der Waals surface area contributed by atoms with Gasteiger partial charge in [0, 0.05) is 22.7 Å². The molecule has 222 valence electrons. The van der Waals surface area contributed by atoms with E-state index in [1.165, 1.54) is 11.1 Å². The SMILES string of the molecule is CC(C)(C)OC(=O)N(c1ncc(-c2ccc(S(=O)(=O)C3CC3)cc2)nc1-c1cc(-c2ccc(C#N)cc2)no1)C(C)(C)C. The van der Waals surface area contributed by atoms with E-state index < -0.39 is 27.1 Å². The Morgan fingerprint density at radius 3 is 2.14 bits per heavy atom. The number of hydrogen-bond donors (Lipinski definition) is 0. The first-order valence-corrected chi connectivity index (χ1v) is 15.4. The maximum atomic E-state index is 13.5. The minimum absolute atomic E-state index is 0.209. The number of nitrogens with zero attached hydrogens (tertiary/aromatic N) is 5. The summed E-state index contributed by atoms with van der Waals surface area (Å²) in [6, 6.07) is 17.2. The van der Waals surface area contributed by atoms with Crippen molar-refractivity contribution in [2.45, 2.75) is 75.7 Å². The molecule has 2 heterocycles. The third-order valence-corrected chi connectivity index (χ3v) is 8.99. The third kappa shape index (κ3) is 6.44. The average Bonchev–Trinajstić information content (AvgIpc) is 3.70. The number of nitriles is 1. The Bertz CT molecular complexity index is 1810. The first-order valence-electron chi connectivity index (χ1n) is 13.9. The van der Waals surface area contributed by atoms with E-state index in [0.29, 0.717) is 35.4 Å². The lowest BCUT2D eigenvalue weighted by molar-refractivity contribution is 0.0549. The Hall–Kier alpha value is -4.56. The molecule has 1 saturated carbocycles. The largest absolute Gasteiger partial charge is 0.443 e. The van der Waals surface area contributed by atoms with Gasteiger partial charge in [-0.05, 0) is 78.6 Å². The van der Waals surface area contributed by atoms with Crippen molar-refractivity contribution < 1.29 is 22.5 Å². The molecule has 0 radical (unpaired) electrons. The summed E-state index contributed by atoms with van der Waals surface area (Å²) >= 11 is 0. The zero-order chi connectivity index (χ0) is 31.2. The van der Waals surface area contributed by atoms with E-state index in [0.717, 1.165) is 5.56 Å². The summed E-state index contributed by atoms with van der Waals surface area (Å²) in [6.45, 7) is 10.9. The van der Waals surface area contributed by atoms with Crippen molar-refractivity contribution in [3.63, 3.8) is 0 Å². The molecule has 2 aromatic carbocycles. The number of hydrogen-bond acceptors (Lipinski definition) is 9. The van der Waals surface area contributed by atoms with E-state index in [2.05, 4.69) is 16.2 Å². The summed E-state index contributed by atoms with van der Waals surface area (Å²) in [4.78, 5) is 24.8. The van der Waals surface area contributed by atoms with Gasteiger partial charge in [0.1, 0.15) is 11.3 Å². The van der Waals surface area contributed by atoms with Gasteiger partial charge in [0.05, 0.1) is 33.7 Å². The van der Waals surface area contributed by atoms with E-state index in [1.54, 1.807) is 75.4 Å². The van der Waals surface area contributed by atoms with E-state index in [-0.39, 0.29) is 27.4 Å². The normalized spacial score (nSPS) is 13.8. The van der Waals surface area contributed by atoms with Crippen LogP contribution in [0.5, 0.6) is 0 Å². The summed E-state index contributed by atoms with van der Waals surface area (Å²) in [5.74, 6) is 0.468. The highest BCUT2D eigenvalue weighted by Gasteiger charge is 2.38. The summed E-state index contributed by atoms with van der Waals surface area (Å²) in [7, 11) is -3.34. The summed E-state index contributed by atoms with van der Waals surface area (Å²) in [5, 5.41) is 13.1. The fourth-order valence-corrected chi connectivity index (χ4v) is 6.12. The van der Waals surface area contributed by atoms with Crippen LogP contribution in [0.3, 0.4) is 0 Å². The van der Waals surface area contributed by atoms with Gasteiger partial charge in [0.15, 0.2) is 27.1 Å². The molecule has 0 aliphatic heterocycles. The number of amides is 1. The van der Waals surface area contributed by atoms with Crippen LogP contribution in [0, 0.1) is 11.3 Å². The standard InChI is InChI=1S/C32H33N5O5S/c1-31(2,3)37(30(38)41-32(4,5)6)29-28(27-17-25(36-42-27)21-9-7-20(18-33)8-10-21)35-26(19-34-29)22-11-13-23(14-12-22)43(39,40)24-15-16-24/h7-14,17,19,24H,15-16H2,1-6H3. The van der Waals surface area contributed by atoms with Gasteiger partial charge in [-0.2, -0.15) is 5.26 Å². The highest BCUT2D eigenvalue weighted by atomic mass is 32.2. The average molecular weight is 600 g/mol.